The van der Waals surface area contributed by atoms with Crippen LogP contribution >= 0.6 is 45.2 Å². The van der Waals surface area contributed by atoms with Gasteiger partial charge in [-0.25, -0.2) is 0 Å². The normalized spacial score (nSPS) is 66.0. The zero-order valence-electron chi connectivity index (χ0n) is 6.45. The third-order valence-corrected chi connectivity index (χ3v) is 8.78. The lowest BCUT2D eigenvalue weighted by atomic mass is 9.82. The van der Waals surface area contributed by atoms with Gasteiger partial charge in [0.05, 0.1) is 0 Å². The Kier molecular flexibility index (Phi) is 1.49. The molecule has 4 bridgehead atoms. The smallest absolute Gasteiger partial charge is 0.0373 e. The van der Waals surface area contributed by atoms with Gasteiger partial charge in [-0.1, -0.05) is 45.2 Å². The van der Waals surface area contributed by atoms with Crippen molar-refractivity contribution in [1.82, 2.24) is 0 Å². The second kappa shape index (κ2) is 2.10. The molecule has 0 spiro atoms. The zero-order valence-corrected chi connectivity index (χ0v) is 10.8. The second-order valence-corrected chi connectivity index (χ2v) is 8.84. The first-order valence-corrected chi connectivity index (χ1v) is 6.65. The highest BCUT2D eigenvalue weighted by Gasteiger charge is 2.64. The number of hydrogen-bond acceptors (Lipinski definition) is 0. The average molecular weight is 374 g/mol. The zero-order chi connectivity index (χ0) is 7.69. The molecule has 0 aromatic rings. The van der Waals surface area contributed by atoms with Gasteiger partial charge in [-0.2, -0.15) is 0 Å². The maximum absolute atomic E-state index is 2.77. The molecule has 0 N–H and O–H groups in total. The van der Waals surface area contributed by atoms with E-state index < -0.39 is 0 Å². The fraction of sp³-hybridized carbons (Fsp3) is 1.00. The van der Waals surface area contributed by atoms with Crippen molar-refractivity contribution in [3.8, 4) is 0 Å². The summed E-state index contributed by atoms with van der Waals surface area (Å²) in [6.45, 7) is 0. The summed E-state index contributed by atoms with van der Waals surface area (Å²) in [5.41, 5.74) is 0. The lowest BCUT2D eigenvalue weighted by Crippen LogP contribution is -2.32. The van der Waals surface area contributed by atoms with Crippen molar-refractivity contribution in [1.29, 1.82) is 0 Å². The van der Waals surface area contributed by atoms with Crippen LogP contribution in [0, 0.1) is 11.8 Å². The van der Waals surface area contributed by atoms with Crippen LogP contribution < -0.4 is 0 Å². The Morgan fingerprint density at radius 3 is 1.45 bits per heavy atom. The van der Waals surface area contributed by atoms with Crippen LogP contribution in [0.15, 0.2) is 0 Å². The standard InChI is InChI=1S/C9H12I2/c10-8-2-6-1-7(4-8)5-9(8,11)3-6/h6-7H,1-5H2. The van der Waals surface area contributed by atoms with E-state index in [1.807, 2.05) is 0 Å². The SMILES string of the molecule is IC12CC3CC(C1)CC2(I)C3. The van der Waals surface area contributed by atoms with E-state index in [1.54, 1.807) is 6.42 Å². The van der Waals surface area contributed by atoms with Crippen molar-refractivity contribution in [2.75, 3.05) is 0 Å². The van der Waals surface area contributed by atoms with E-state index in [2.05, 4.69) is 45.2 Å². The van der Waals surface area contributed by atoms with Crippen LogP contribution in [-0.4, -0.2) is 6.84 Å². The summed E-state index contributed by atoms with van der Waals surface area (Å²) in [5, 5.41) is 0. The molecule has 0 saturated heterocycles. The lowest BCUT2D eigenvalue weighted by molar-refractivity contribution is 0.293. The van der Waals surface area contributed by atoms with Crippen molar-refractivity contribution < 1.29 is 0 Å². The van der Waals surface area contributed by atoms with Crippen LogP contribution in [0.25, 0.3) is 0 Å². The molecule has 2 heteroatoms. The average Bonchev–Trinajstić information content (AvgIpc) is 2.07. The van der Waals surface area contributed by atoms with E-state index >= 15 is 0 Å². The van der Waals surface area contributed by atoms with E-state index in [4.69, 9.17) is 0 Å². The minimum Gasteiger partial charge on any atom is -0.0774 e. The topological polar surface area (TPSA) is 0 Å². The third kappa shape index (κ3) is 0.864. The molecule has 0 amide bonds. The minimum absolute atomic E-state index is 0.721. The first-order chi connectivity index (χ1) is 5.11. The van der Waals surface area contributed by atoms with Crippen LogP contribution in [0.4, 0.5) is 0 Å². The van der Waals surface area contributed by atoms with Crippen molar-refractivity contribution in [2.24, 2.45) is 11.8 Å². The molecule has 0 aromatic heterocycles. The Hall–Kier alpha value is 1.46. The first-order valence-electron chi connectivity index (χ1n) is 4.49. The Labute approximate surface area is 95.2 Å². The van der Waals surface area contributed by atoms with Crippen LogP contribution in [0.5, 0.6) is 0 Å². The number of hydrogen-bond donors (Lipinski definition) is 0. The lowest BCUT2D eigenvalue weighted by Gasteiger charge is -2.30. The first kappa shape index (κ1) is 7.83. The fourth-order valence-corrected chi connectivity index (χ4v) is 7.05. The van der Waals surface area contributed by atoms with Gasteiger partial charge in [-0.05, 0) is 43.9 Å². The van der Waals surface area contributed by atoms with Crippen molar-refractivity contribution >= 4 is 45.2 Å². The van der Waals surface area contributed by atoms with Gasteiger partial charge in [0.15, 0.2) is 0 Å². The Bertz CT molecular complexity index is 178. The highest BCUT2D eigenvalue weighted by atomic mass is 127. The highest BCUT2D eigenvalue weighted by molar-refractivity contribution is 14.1. The highest BCUT2D eigenvalue weighted by Crippen LogP contribution is 2.70. The molecule has 0 heterocycles. The van der Waals surface area contributed by atoms with E-state index in [1.165, 1.54) is 25.7 Å². The summed E-state index contributed by atoms with van der Waals surface area (Å²) in [6, 6.07) is 0. The summed E-state index contributed by atoms with van der Waals surface area (Å²) in [4.78, 5) is 0. The minimum atomic E-state index is 0.721. The van der Waals surface area contributed by atoms with Crippen LogP contribution in [0.1, 0.15) is 32.1 Å². The largest absolute Gasteiger partial charge is 0.0774 e. The van der Waals surface area contributed by atoms with Crippen LogP contribution in [0.3, 0.4) is 0 Å². The Balaban J connectivity index is 2.10. The molecule has 4 rings (SSSR count). The summed E-state index contributed by atoms with van der Waals surface area (Å²) in [7, 11) is 0. The fourth-order valence-electron chi connectivity index (χ4n) is 3.68. The molecule has 62 valence electrons. The predicted octanol–water partition coefficient (Wildman–Crippen LogP) is 3.56. The van der Waals surface area contributed by atoms with Crippen LogP contribution in [-0.2, 0) is 0 Å². The Morgan fingerprint density at radius 1 is 0.818 bits per heavy atom. The molecule has 0 aliphatic heterocycles. The molecule has 0 unspecified atom stereocenters. The molecule has 0 radical (unpaired) electrons. The molecular formula is C9H12I2. The number of rotatable bonds is 0. The molecule has 4 fully saturated rings. The predicted molar refractivity (Wildman–Crippen MR) is 63.6 cm³/mol. The summed E-state index contributed by atoms with van der Waals surface area (Å²) >= 11 is 5.55. The Morgan fingerprint density at radius 2 is 1.18 bits per heavy atom. The molecule has 11 heavy (non-hydrogen) atoms. The summed E-state index contributed by atoms with van der Waals surface area (Å²) < 4.78 is 1.44. The third-order valence-electron chi connectivity index (χ3n) is 3.92. The summed E-state index contributed by atoms with van der Waals surface area (Å²) in [5.74, 6) is 2.22. The maximum atomic E-state index is 2.77. The van der Waals surface area contributed by atoms with Crippen molar-refractivity contribution in [3.05, 3.63) is 0 Å². The summed E-state index contributed by atoms with van der Waals surface area (Å²) in [6.07, 6.45) is 7.70. The molecule has 0 nitrogen and oxygen atoms in total. The van der Waals surface area contributed by atoms with E-state index in [9.17, 15) is 0 Å². The van der Waals surface area contributed by atoms with E-state index in [0.717, 1.165) is 18.7 Å². The van der Waals surface area contributed by atoms with Gasteiger partial charge < -0.3 is 0 Å². The van der Waals surface area contributed by atoms with Gasteiger partial charge in [-0.15, -0.1) is 0 Å². The van der Waals surface area contributed by atoms with E-state index in [0.29, 0.717) is 0 Å². The van der Waals surface area contributed by atoms with Crippen LogP contribution in [0.2, 0.25) is 0 Å². The number of alkyl halides is 2. The quantitative estimate of drug-likeness (QED) is 0.450. The molecule has 4 aliphatic carbocycles. The van der Waals surface area contributed by atoms with Gasteiger partial charge in [-0.3, -0.25) is 0 Å². The van der Waals surface area contributed by atoms with Crippen molar-refractivity contribution in [2.45, 2.75) is 38.9 Å². The van der Waals surface area contributed by atoms with Gasteiger partial charge >= 0.3 is 0 Å². The van der Waals surface area contributed by atoms with Gasteiger partial charge in [0.1, 0.15) is 0 Å². The van der Waals surface area contributed by atoms with Gasteiger partial charge in [0.25, 0.3) is 0 Å². The molecule has 0 atom stereocenters. The second-order valence-electron chi connectivity index (χ2n) is 4.71. The molecule has 4 aliphatic rings. The molecular weight excluding hydrogens is 362 g/mol. The maximum Gasteiger partial charge on any atom is 0.0373 e. The van der Waals surface area contributed by atoms with Crippen molar-refractivity contribution in [3.63, 3.8) is 0 Å². The van der Waals surface area contributed by atoms with E-state index in [-0.39, 0.29) is 0 Å². The monoisotopic (exact) mass is 374 g/mol. The van der Waals surface area contributed by atoms with Gasteiger partial charge in [0, 0.05) is 6.84 Å². The molecule has 0 aromatic carbocycles. The number of halogens is 2. The van der Waals surface area contributed by atoms with Gasteiger partial charge in [0.2, 0.25) is 0 Å². The molecule has 4 saturated carbocycles.